The van der Waals surface area contributed by atoms with Gasteiger partial charge in [-0.3, -0.25) is 4.98 Å². The number of aliphatic hydroxyl groups is 1. The Hall–Kier alpha value is -2.08. The minimum absolute atomic E-state index is 0.232. The molecule has 0 bridgehead atoms. The van der Waals surface area contributed by atoms with Crippen LogP contribution in [0, 0.1) is 6.92 Å². The van der Waals surface area contributed by atoms with Gasteiger partial charge < -0.3 is 10.4 Å². The first-order valence-electron chi connectivity index (χ1n) is 5.29. The number of nitrogens with one attached hydrogen (secondary N) is 3. The minimum Gasteiger partial charge on any atom is -0.383 e. The van der Waals surface area contributed by atoms with E-state index in [1.165, 1.54) is 0 Å². The number of benzene rings is 1. The molecular weight excluding hydrogens is 220 g/mol. The van der Waals surface area contributed by atoms with Gasteiger partial charge in [0.2, 0.25) is 0 Å². The number of hydrogen-bond acceptors (Lipinski definition) is 4. The lowest BCUT2D eigenvalue weighted by atomic mass is 10.2. The molecule has 90 valence electrons. The van der Waals surface area contributed by atoms with E-state index in [0.29, 0.717) is 0 Å². The first-order chi connectivity index (χ1) is 8.16. The molecule has 1 aromatic carbocycles. The van der Waals surface area contributed by atoms with E-state index in [9.17, 15) is 9.90 Å². The fourth-order valence-corrected chi connectivity index (χ4v) is 1.52. The summed E-state index contributed by atoms with van der Waals surface area (Å²) in [6.07, 6.45) is -0.853. The van der Waals surface area contributed by atoms with Crippen LogP contribution in [0.4, 0.5) is 5.69 Å². The number of anilines is 1. The molecule has 0 spiro atoms. The first kappa shape index (κ1) is 11.4. The van der Waals surface area contributed by atoms with Gasteiger partial charge >= 0.3 is 5.69 Å². The van der Waals surface area contributed by atoms with Crippen molar-refractivity contribution in [2.24, 2.45) is 0 Å². The van der Waals surface area contributed by atoms with E-state index in [4.69, 9.17) is 0 Å². The van der Waals surface area contributed by atoms with Crippen molar-refractivity contribution < 1.29 is 5.11 Å². The third-order valence-corrected chi connectivity index (χ3v) is 2.47. The molecule has 1 heterocycles. The molecule has 17 heavy (non-hydrogen) atoms. The summed E-state index contributed by atoms with van der Waals surface area (Å²) < 4.78 is 0. The third kappa shape index (κ3) is 2.73. The van der Waals surface area contributed by atoms with Crippen LogP contribution in [0.5, 0.6) is 0 Å². The van der Waals surface area contributed by atoms with Crippen LogP contribution in [0.2, 0.25) is 0 Å². The maximum absolute atomic E-state index is 10.8. The Morgan fingerprint density at radius 1 is 1.47 bits per heavy atom. The highest BCUT2D eigenvalue weighted by atomic mass is 16.3. The van der Waals surface area contributed by atoms with Gasteiger partial charge in [-0.15, -0.1) is 0 Å². The number of aromatic amines is 2. The lowest BCUT2D eigenvalue weighted by molar-refractivity contribution is 0.182. The lowest BCUT2D eigenvalue weighted by Gasteiger charge is -2.11. The Labute approximate surface area is 97.7 Å². The summed E-state index contributed by atoms with van der Waals surface area (Å²) >= 11 is 0. The van der Waals surface area contributed by atoms with E-state index >= 15 is 0 Å². The van der Waals surface area contributed by atoms with Crippen LogP contribution < -0.4 is 11.0 Å². The van der Waals surface area contributed by atoms with Gasteiger partial charge in [-0.1, -0.05) is 18.2 Å². The third-order valence-electron chi connectivity index (χ3n) is 2.47. The molecule has 2 rings (SSSR count). The molecule has 0 aliphatic heterocycles. The van der Waals surface area contributed by atoms with Crippen LogP contribution in [0.1, 0.15) is 17.5 Å². The predicted octanol–water partition coefficient (Wildman–Crippen LogP) is 0.552. The van der Waals surface area contributed by atoms with Crippen molar-refractivity contribution in [3.63, 3.8) is 0 Å². The van der Waals surface area contributed by atoms with Crippen LogP contribution in [0.3, 0.4) is 0 Å². The van der Waals surface area contributed by atoms with Crippen LogP contribution in [0.25, 0.3) is 0 Å². The van der Waals surface area contributed by atoms with Gasteiger partial charge in [0.1, 0.15) is 6.10 Å². The summed E-state index contributed by atoms with van der Waals surface area (Å²) in [4.78, 5) is 13.2. The Morgan fingerprint density at radius 2 is 2.24 bits per heavy atom. The maximum Gasteiger partial charge on any atom is 0.340 e. The van der Waals surface area contributed by atoms with Crippen LogP contribution in [-0.2, 0) is 0 Å². The molecule has 0 saturated carbocycles. The highest BCUT2D eigenvalue weighted by Crippen LogP contribution is 2.14. The number of rotatable bonds is 4. The number of para-hydroxylation sites is 1. The molecule has 0 fully saturated rings. The van der Waals surface area contributed by atoms with Gasteiger partial charge in [0.05, 0.1) is 0 Å². The molecule has 0 aliphatic rings. The fraction of sp³-hybridized carbons (Fsp3) is 0.273. The summed E-state index contributed by atoms with van der Waals surface area (Å²) in [6, 6.07) is 7.76. The van der Waals surface area contributed by atoms with Crippen molar-refractivity contribution in [2.75, 3.05) is 11.9 Å². The summed E-state index contributed by atoms with van der Waals surface area (Å²) in [6.45, 7) is 2.26. The second-order valence-corrected chi connectivity index (χ2v) is 3.77. The second-order valence-electron chi connectivity index (χ2n) is 3.77. The smallest absolute Gasteiger partial charge is 0.340 e. The van der Waals surface area contributed by atoms with Crippen molar-refractivity contribution >= 4 is 5.69 Å². The highest BCUT2D eigenvalue weighted by molar-refractivity contribution is 5.50. The number of aliphatic hydroxyl groups excluding tert-OH is 1. The number of aryl methyl sites for hydroxylation is 1. The van der Waals surface area contributed by atoms with E-state index in [2.05, 4.69) is 20.5 Å². The summed E-state index contributed by atoms with van der Waals surface area (Å²) in [7, 11) is 0. The van der Waals surface area contributed by atoms with Gasteiger partial charge in [-0.2, -0.15) is 5.10 Å². The zero-order valence-electron chi connectivity index (χ0n) is 9.40. The van der Waals surface area contributed by atoms with Crippen molar-refractivity contribution in [1.29, 1.82) is 0 Å². The molecule has 0 radical (unpaired) electrons. The number of aromatic nitrogens is 3. The monoisotopic (exact) mass is 234 g/mol. The molecule has 1 atom stereocenters. The van der Waals surface area contributed by atoms with Gasteiger partial charge in [0.25, 0.3) is 0 Å². The Balaban J connectivity index is 1.99. The molecule has 0 aliphatic carbocycles. The number of H-pyrrole nitrogens is 2. The van der Waals surface area contributed by atoms with Crippen LogP contribution in [-0.4, -0.2) is 26.8 Å². The summed E-state index contributed by atoms with van der Waals surface area (Å²) in [5.41, 5.74) is 1.62. The van der Waals surface area contributed by atoms with Crippen molar-refractivity contribution in [3.8, 4) is 0 Å². The minimum atomic E-state index is -0.853. The second kappa shape index (κ2) is 4.84. The zero-order chi connectivity index (χ0) is 12.3. The molecule has 1 unspecified atom stereocenters. The van der Waals surface area contributed by atoms with E-state index in [-0.39, 0.29) is 12.4 Å². The molecule has 0 amide bonds. The highest BCUT2D eigenvalue weighted by Gasteiger charge is 2.11. The topological polar surface area (TPSA) is 93.8 Å². The van der Waals surface area contributed by atoms with Crippen molar-refractivity contribution in [1.82, 2.24) is 15.2 Å². The van der Waals surface area contributed by atoms with Crippen molar-refractivity contribution in [2.45, 2.75) is 13.0 Å². The molecule has 1 aromatic heterocycles. The molecule has 6 heteroatoms. The zero-order valence-corrected chi connectivity index (χ0v) is 9.40. The number of nitrogens with zero attached hydrogens (tertiary/aromatic N) is 1. The largest absolute Gasteiger partial charge is 0.383 e. The lowest BCUT2D eigenvalue weighted by Crippen LogP contribution is -2.14. The Kier molecular flexibility index (Phi) is 3.24. The Morgan fingerprint density at radius 3 is 2.88 bits per heavy atom. The van der Waals surface area contributed by atoms with Gasteiger partial charge in [-0.05, 0) is 18.6 Å². The maximum atomic E-state index is 10.8. The average molecular weight is 234 g/mol. The van der Waals surface area contributed by atoms with Gasteiger partial charge in [-0.25, -0.2) is 9.89 Å². The quantitative estimate of drug-likeness (QED) is 0.621. The molecule has 6 nitrogen and oxygen atoms in total. The molecular formula is C11H14N4O2. The van der Waals surface area contributed by atoms with E-state index in [1.807, 2.05) is 31.2 Å². The number of hydrogen-bond donors (Lipinski definition) is 4. The molecule has 4 N–H and O–H groups in total. The SMILES string of the molecule is Cc1ccccc1NCC(O)c1n[nH]c(=O)[nH]1. The predicted molar refractivity (Wildman–Crippen MR) is 63.8 cm³/mol. The van der Waals surface area contributed by atoms with Crippen LogP contribution in [0.15, 0.2) is 29.1 Å². The van der Waals surface area contributed by atoms with E-state index in [0.717, 1.165) is 11.3 Å². The fourth-order valence-electron chi connectivity index (χ4n) is 1.52. The van der Waals surface area contributed by atoms with Gasteiger partial charge in [0.15, 0.2) is 5.82 Å². The summed E-state index contributed by atoms with van der Waals surface area (Å²) in [5, 5.41) is 18.7. The average Bonchev–Trinajstić information content (AvgIpc) is 2.74. The van der Waals surface area contributed by atoms with Crippen LogP contribution >= 0.6 is 0 Å². The molecule has 0 saturated heterocycles. The van der Waals surface area contributed by atoms with Crippen molar-refractivity contribution in [3.05, 3.63) is 46.1 Å². The summed E-state index contributed by atoms with van der Waals surface area (Å²) in [5.74, 6) is 0.232. The van der Waals surface area contributed by atoms with E-state index < -0.39 is 11.8 Å². The first-order valence-corrected chi connectivity index (χ1v) is 5.29. The normalized spacial score (nSPS) is 12.4. The van der Waals surface area contributed by atoms with E-state index in [1.54, 1.807) is 0 Å². The standard InChI is InChI=1S/C11H14N4O2/c1-7-4-2-3-5-8(7)12-6-9(16)10-13-11(17)15-14-10/h2-5,9,12,16H,6H2,1H3,(H2,13,14,15,17). The Bertz CT molecular complexity index is 546. The van der Waals surface area contributed by atoms with Gasteiger partial charge in [0, 0.05) is 12.2 Å². The molecule has 2 aromatic rings.